The van der Waals surface area contributed by atoms with Crippen molar-refractivity contribution in [2.45, 2.75) is 52.3 Å². The van der Waals surface area contributed by atoms with E-state index in [-0.39, 0.29) is 35.0 Å². The van der Waals surface area contributed by atoms with E-state index in [9.17, 15) is 19.7 Å². The lowest BCUT2D eigenvalue weighted by Crippen LogP contribution is -2.60. The number of carbonyl (C=O) groups is 2. The molecule has 9 heteroatoms. The molecule has 0 aromatic heterocycles. The van der Waals surface area contributed by atoms with Gasteiger partial charge in [-0.05, 0) is 46.8 Å². The van der Waals surface area contributed by atoms with E-state index in [1.807, 2.05) is 13.8 Å². The van der Waals surface area contributed by atoms with Crippen molar-refractivity contribution in [3.63, 3.8) is 0 Å². The van der Waals surface area contributed by atoms with Gasteiger partial charge in [0.15, 0.2) is 5.75 Å². The summed E-state index contributed by atoms with van der Waals surface area (Å²) in [7, 11) is 1.34. The molecule has 1 fully saturated rings. The number of methoxy groups -OCH3 is 1. The summed E-state index contributed by atoms with van der Waals surface area (Å²) in [4.78, 5) is 39.3. The molecular weight excluding hydrogens is 366 g/mol. The maximum Gasteiger partial charge on any atom is 0.410 e. The molecule has 1 aliphatic heterocycles. The maximum atomic E-state index is 13.0. The van der Waals surface area contributed by atoms with E-state index in [0.717, 1.165) is 0 Å². The molecule has 2 unspecified atom stereocenters. The summed E-state index contributed by atoms with van der Waals surface area (Å²) in [5.74, 6) is -0.230. The molecule has 0 N–H and O–H groups in total. The fourth-order valence-electron chi connectivity index (χ4n) is 3.14. The Morgan fingerprint density at radius 3 is 2.25 bits per heavy atom. The van der Waals surface area contributed by atoms with Crippen LogP contribution in [0.15, 0.2) is 18.2 Å². The molecule has 9 nitrogen and oxygen atoms in total. The molecule has 154 valence electrons. The van der Waals surface area contributed by atoms with Gasteiger partial charge in [-0.15, -0.1) is 0 Å². The second kappa shape index (κ2) is 8.04. The van der Waals surface area contributed by atoms with Gasteiger partial charge in [-0.1, -0.05) is 0 Å². The zero-order valence-electron chi connectivity index (χ0n) is 17.1. The topological polar surface area (TPSA) is 102 Å². The third-order valence-corrected chi connectivity index (χ3v) is 4.77. The van der Waals surface area contributed by atoms with Crippen LogP contribution < -0.4 is 4.74 Å². The number of rotatable bonds is 3. The molecule has 1 aromatic carbocycles. The van der Waals surface area contributed by atoms with E-state index in [0.29, 0.717) is 13.1 Å². The van der Waals surface area contributed by atoms with Crippen molar-refractivity contribution in [3.8, 4) is 5.75 Å². The van der Waals surface area contributed by atoms with Crippen LogP contribution in [0.1, 0.15) is 45.0 Å². The predicted molar refractivity (Wildman–Crippen MR) is 103 cm³/mol. The van der Waals surface area contributed by atoms with E-state index in [4.69, 9.17) is 9.47 Å². The highest BCUT2D eigenvalue weighted by Gasteiger charge is 2.38. The molecule has 2 rings (SSSR count). The van der Waals surface area contributed by atoms with Crippen LogP contribution in [0.3, 0.4) is 0 Å². The highest BCUT2D eigenvalue weighted by molar-refractivity contribution is 5.95. The monoisotopic (exact) mass is 393 g/mol. The number of nitrogens with zero attached hydrogens (tertiary/aromatic N) is 3. The minimum absolute atomic E-state index is 0.0951. The fourth-order valence-corrected chi connectivity index (χ4v) is 3.14. The van der Waals surface area contributed by atoms with Crippen LogP contribution in [0.5, 0.6) is 5.75 Å². The Bertz CT molecular complexity index is 773. The minimum atomic E-state index is -0.602. The standard InChI is InChI=1S/C19H27N3O6/c1-12-13(2)21(18(24)28-19(3,4)5)10-9-20(12)17(23)14-7-8-16(27-6)15(11-14)22(25)26/h7-8,11-13H,9-10H2,1-6H3. The summed E-state index contributed by atoms with van der Waals surface area (Å²) in [5.41, 5.74) is -0.659. The number of piperazine rings is 1. The van der Waals surface area contributed by atoms with Gasteiger partial charge in [0.25, 0.3) is 5.91 Å². The van der Waals surface area contributed by atoms with Crippen molar-refractivity contribution in [2.75, 3.05) is 20.2 Å². The largest absolute Gasteiger partial charge is 0.490 e. The molecule has 28 heavy (non-hydrogen) atoms. The molecule has 0 bridgehead atoms. The van der Waals surface area contributed by atoms with E-state index < -0.39 is 16.6 Å². The van der Waals surface area contributed by atoms with Gasteiger partial charge in [0.2, 0.25) is 0 Å². The van der Waals surface area contributed by atoms with E-state index in [1.54, 1.807) is 30.6 Å². The molecule has 0 radical (unpaired) electrons. The third-order valence-electron chi connectivity index (χ3n) is 4.77. The molecule has 2 amide bonds. The smallest absolute Gasteiger partial charge is 0.410 e. The second-order valence-corrected chi connectivity index (χ2v) is 7.80. The first-order valence-corrected chi connectivity index (χ1v) is 9.09. The SMILES string of the molecule is COc1ccc(C(=O)N2CCN(C(=O)OC(C)(C)C)C(C)C2C)cc1[N+](=O)[O-]. The Labute approximate surface area is 164 Å². The first-order valence-electron chi connectivity index (χ1n) is 9.09. The predicted octanol–water partition coefficient (Wildman–Crippen LogP) is 3.07. The van der Waals surface area contributed by atoms with Crippen LogP contribution in [-0.4, -0.2) is 64.6 Å². The summed E-state index contributed by atoms with van der Waals surface area (Å²) < 4.78 is 10.4. The van der Waals surface area contributed by atoms with Crippen molar-refractivity contribution in [1.82, 2.24) is 9.80 Å². The summed E-state index contributed by atoms with van der Waals surface area (Å²) in [5, 5.41) is 11.2. The van der Waals surface area contributed by atoms with Gasteiger partial charge in [-0.25, -0.2) is 4.79 Å². The number of amides is 2. The number of hydrogen-bond acceptors (Lipinski definition) is 6. The van der Waals surface area contributed by atoms with Gasteiger partial charge in [-0.3, -0.25) is 14.9 Å². The van der Waals surface area contributed by atoms with Crippen LogP contribution in [0.4, 0.5) is 10.5 Å². The summed E-state index contributed by atoms with van der Waals surface area (Å²) in [6, 6.07) is 3.59. The highest BCUT2D eigenvalue weighted by atomic mass is 16.6. The van der Waals surface area contributed by atoms with Gasteiger partial charge in [0, 0.05) is 30.8 Å². The Balaban J connectivity index is 2.19. The maximum absolute atomic E-state index is 13.0. The minimum Gasteiger partial charge on any atom is -0.490 e. The van der Waals surface area contributed by atoms with Crippen molar-refractivity contribution in [1.29, 1.82) is 0 Å². The number of carbonyl (C=O) groups excluding carboxylic acids is 2. The van der Waals surface area contributed by atoms with Crippen molar-refractivity contribution >= 4 is 17.7 Å². The normalized spacial score (nSPS) is 19.9. The third kappa shape index (κ3) is 4.52. The number of nitro benzene ring substituents is 1. The number of hydrogen-bond donors (Lipinski definition) is 0. The van der Waals surface area contributed by atoms with Crippen molar-refractivity contribution in [2.24, 2.45) is 0 Å². The van der Waals surface area contributed by atoms with Crippen LogP contribution in [0, 0.1) is 10.1 Å². The van der Waals surface area contributed by atoms with E-state index in [1.165, 1.54) is 25.3 Å². The Morgan fingerprint density at radius 2 is 1.71 bits per heavy atom. The molecule has 0 spiro atoms. The van der Waals surface area contributed by atoms with E-state index >= 15 is 0 Å². The van der Waals surface area contributed by atoms with Crippen LogP contribution >= 0.6 is 0 Å². The van der Waals surface area contributed by atoms with Gasteiger partial charge >= 0.3 is 11.8 Å². The molecule has 2 atom stereocenters. The molecule has 1 aliphatic rings. The lowest BCUT2D eigenvalue weighted by molar-refractivity contribution is -0.385. The molecule has 0 saturated carbocycles. The average Bonchev–Trinajstić information content (AvgIpc) is 2.61. The summed E-state index contributed by atoms with van der Waals surface area (Å²) >= 11 is 0. The van der Waals surface area contributed by atoms with Crippen molar-refractivity contribution < 1.29 is 24.0 Å². The number of nitro groups is 1. The molecule has 1 heterocycles. The Morgan fingerprint density at radius 1 is 1.14 bits per heavy atom. The molecular formula is C19H27N3O6. The first kappa shape index (κ1) is 21.5. The van der Waals surface area contributed by atoms with Gasteiger partial charge in [-0.2, -0.15) is 0 Å². The fraction of sp³-hybridized carbons (Fsp3) is 0.579. The summed E-state index contributed by atoms with van der Waals surface area (Å²) in [6.07, 6.45) is -0.418. The van der Waals surface area contributed by atoms with E-state index in [2.05, 4.69) is 0 Å². The zero-order chi connectivity index (χ0) is 21.2. The van der Waals surface area contributed by atoms with Gasteiger partial charge in [0.1, 0.15) is 5.60 Å². The lowest BCUT2D eigenvalue weighted by atomic mass is 10.0. The molecule has 1 saturated heterocycles. The second-order valence-electron chi connectivity index (χ2n) is 7.80. The van der Waals surface area contributed by atoms with Gasteiger partial charge < -0.3 is 19.3 Å². The zero-order valence-corrected chi connectivity index (χ0v) is 17.1. The Kier molecular flexibility index (Phi) is 6.16. The lowest BCUT2D eigenvalue weighted by Gasteiger charge is -2.45. The molecule has 0 aliphatic carbocycles. The summed E-state index contributed by atoms with van der Waals surface area (Å²) in [6.45, 7) is 9.73. The number of ether oxygens (including phenoxy) is 2. The highest BCUT2D eigenvalue weighted by Crippen LogP contribution is 2.29. The Hall–Kier alpha value is -2.84. The molecule has 1 aromatic rings. The van der Waals surface area contributed by atoms with Crippen LogP contribution in [-0.2, 0) is 4.74 Å². The van der Waals surface area contributed by atoms with Crippen LogP contribution in [0.2, 0.25) is 0 Å². The van der Waals surface area contributed by atoms with Crippen molar-refractivity contribution in [3.05, 3.63) is 33.9 Å². The number of benzene rings is 1. The first-order chi connectivity index (χ1) is 13.0. The van der Waals surface area contributed by atoms with Crippen LogP contribution in [0.25, 0.3) is 0 Å². The quantitative estimate of drug-likeness (QED) is 0.578. The van der Waals surface area contributed by atoms with Gasteiger partial charge in [0.05, 0.1) is 18.1 Å². The average molecular weight is 393 g/mol.